The molecule has 1 unspecified atom stereocenters. The minimum absolute atomic E-state index is 0.191. The van der Waals surface area contributed by atoms with Crippen molar-refractivity contribution in [1.82, 2.24) is 10.2 Å². The van der Waals surface area contributed by atoms with Crippen molar-refractivity contribution >= 4 is 12.2 Å². The second-order valence-electron chi connectivity index (χ2n) is 9.74. The second kappa shape index (κ2) is 8.77. The van der Waals surface area contributed by atoms with Crippen molar-refractivity contribution in [2.75, 3.05) is 6.54 Å². The zero-order valence-corrected chi connectivity index (χ0v) is 19.4. The van der Waals surface area contributed by atoms with Crippen molar-refractivity contribution < 1.29 is 19.1 Å². The maximum atomic E-state index is 13.5. The zero-order valence-electron chi connectivity index (χ0n) is 19.4. The summed E-state index contributed by atoms with van der Waals surface area (Å²) in [6.07, 6.45) is 1.55. The average molecular weight is 469 g/mol. The van der Waals surface area contributed by atoms with Gasteiger partial charge in [0, 0.05) is 6.54 Å². The molecule has 6 heteroatoms. The lowest BCUT2D eigenvalue weighted by Gasteiger charge is -2.66. The largest absolute Gasteiger partial charge is 0.445 e. The molecule has 0 radical (unpaired) electrons. The highest BCUT2D eigenvalue weighted by atomic mass is 16.6. The van der Waals surface area contributed by atoms with Crippen LogP contribution in [0.15, 0.2) is 84.9 Å². The molecule has 3 fully saturated rings. The van der Waals surface area contributed by atoms with Crippen LogP contribution in [0.3, 0.4) is 0 Å². The Morgan fingerprint density at radius 2 is 1.60 bits per heavy atom. The van der Waals surface area contributed by atoms with Crippen LogP contribution in [0, 0.1) is 5.92 Å². The fourth-order valence-corrected chi connectivity index (χ4v) is 5.70. The Bertz CT molecular complexity index is 1220. The van der Waals surface area contributed by atoms with E-state index < -0.39 is 11.7 Å². The standard InChI is InChI=1S/C29H28N2O4/c32-27(34-19-20-9-3-1-4-10-20)30-26-23-17-29(26,18-23)35-28(33)31-16-15-21-11-7-8-14-24(21)25(31)22-12-5-2-6-13-22/h1-14,23,25-26H,15-19H2,(H,30,32)/t23?,25-,26?,29?/m0/s1. The molecule has 7 rings (SSSR count). The summed E-state index contributed by atoms with van der Waals surface area (Å²) in [6, 6.07) is 27.6. The quantitative estimate of drug-likeness (QED) is 0.557. The number of amides is 2. The number of nitrogens with one attached hydrogen (secondary N) is 1. The lowest BCUT2D eigenvalue weighted by molar-refractivity contribution is -0.223. The van der Waals surface area contributed by atoms with Gasteiger partial charge in [-0.05, 0) is 47.4 Å². The van der Waals surface area contributed by atoms with Crippen molar-refractivity contribution in [3.63, 3.8) is 0 Å². The Kier molecular flexibility index (Phi) is 5.44. The number of rotatable bonds is 5. The summed E-state index contributed by atoms with van der Waals surface area (Å²) in [4.78, 5) is 27.8. The van der Waals surface area contributed by atoms with Gasteiger partial charge in [0.25, 0.3) is 0 Å². The summed E-state index contributed by atoms with van der Waals surface area (Å²) in [6.45, 7) is 0.801. The van der Waals surface area contributed by atoms with Gasteiger partial charge in [0.15, 0.2) is 0 Å². The van der Waals surface area contributed by atoms with Gasteiger partial charge in [-0.25, -0.2) is 9.59 Å². The highest BCUT2D eigenvalue weighted by Crippen LogP contribution is 2.60. The van der Waals surface area contributed by atoms with Crippen molar-refractivity contribution in [3.8, 4) is 0 Å². The Morgan fingerprint density at radius 1 is 0.914 bits per heavy atom. The van der Waals surface area contributed by atoms with Crippen molar-refractivity contribution in [2.24, 2.45) is 5.92 Å². The third-order valence-electron chi connectivity index (χ3n) is 7.66. The molecule has 3 aliphatic carbocycles. The molecule has 3 saturated carbocycles. The molecule has 4 aliphatic rings. The highest BCUT2D eigenvalue weighted by molar-refractivity contribution is 5.72. The van der Waals surface area contributed by atoms with Gasteiger partial charge in [0.1, 0.15) is 12.2 Å². The number of carbonyl (C=O) groups is 2. The van der Waals surface area contributed by atoms with Gasteiger partial charge in [0.05, 0.1) is 12.1 Å². The van der Waals surface area contributed by atoms with E-state index in [1.807, 2.05) is 65.6 Å². The molecule has 2 atom stereocenters. The van der Waals surface area contributed by atoms with Crippen LogP contribution in [0.25, 0.3) is 0 Å². The average Bonchev–Trinajstić information content (AvgIpc) is 2.88. The van der Waals surface area contributed by atoms with Crippen molar-refractivity contribution in [2.45, 2.75) is 43.6 Å². The summed E-state index contributed by atoms with van der Waals surface area (Å²) in [5.41, 5.74) is 3.76. The number of carbonyl (C=O) groups excluding carboxylic acids is 2. The lowest BCUT2D eigenvalue weighted by Crippen LogP contribution is -2.78. The maximum Gasteiger partial charge on any atom is 0.411 e. The predicted molar refractivity (Wildman–Crippen MR) is 131 cm³/mol. The number of ether oxygens (including phenoxy) is 2. The molecule has 178 valence electrons. The number of nitrogens with zero attached hydrogens (tertiary/aromatic N) is 1. The van der Waals surface area contributed by atoms with E-state index in [4.69, 9.17) is 9.47 Å². The molecule has 2 bridgehead atoms. The molecule has 35 heavy (non-hydrogen) atoms. The summed E-state index contributed by atoms with van der Waals surface area (Å²) >= 11 is 0. The van der Waals surface area contributed by atoms with Crippen LogP contribution in [-0.2, 0) is 22.5 Å². The predicted octanol–water partition coefficient (Wildman–Crippen LogP) is 5.23. The normalized spacial score (nSPS) is 25.9. The molecule has 1 aliphatic heterocycles. The third-order valence-corrected chi connectivity index (χ3v) is 7.66. The van der Waals surface area contributed by atoms with Crippen LogP contribution < -0.4 is 5.32 Å². The molecule has 6 nitrogen and oxygen atoms in total. The Hall–Kier alpha value is -3.80. The zero-order chi connectivity index (χ0) is 23.8. The molecule has 3 aromatic carbocycles. The summed E-state index contributed by atoms with van der Waals surface area (Å²) in [5.74, 6) is 0.332. The van der Waals surface area contributed by atoms with Crippen molar-refractivity contribution in [3.05, 3.63) is 107 Å². The fraction of sp³-hybridized carbons (Fsp3) is 0.310. The maximum absolute atomic E-state index is 13.5. The van der Waals surface area contributed by atoms with Gasteiger partial charge < -0.3 is 14.8 Å². The summed E-state index contributed by atoms with van der Waals surface area (Å²) < 4.78 is 11.5. The van der Waals surface area contributed by atoms with Crippen LogP contribution in [0.2, 0.25) is 0 Å². The van der Waals surface area contributed by atoms with Gasteiger partial charge in [-0.2, -0.15) is 0 Å². The van der Waals surface area contributed by atoms with Crippen LogP contribution >= 0.6 is 0 Å². The Labute approximate surface area is 204 Å². The van der Waals surface area contributed by atoms with E-state index in [1.54, 1.807) is 0 Å². The lowest BCUT2D eigenvalue weighted by atomic mass is 9.48. The van der Waals surface area contributed by atoms with Gasteiger partial charge in [-0.15, -0.1) is 0 Å². The van der Waals surface area contributed by atoms with E-state index in [9.17, 15) is 9.59 Å². The molecular weight excluding hydrogens is 440 g/mol. The van der Waals surface area contributed by atoms with Gasteiger partial charge in [0.2, 0.25) is 0 Å². The Balaban J connectivity index is 1.14. The molecule has 2 amide bonds. The summed E-state index contributed by atoms with van der Waals surface area (Å²) in [5, 5.41) is 2.94. The Morgan fingerprint density at radius 3 is 2.31 bits per heavy atom. The van der Waals surface area contributed by atoms with Gasteiger partial charge >= 0.3 is 12.2 Å². The first-order chi connectivity index (χ1) is 17.1. The van der Waals surface area contributed by atoms with Crippen LogP contribution in [-0.4, -0.2) is 35.3 Å². The summed E-state index contributed by atoms with van der Waals surface area (Å²) in [7, 11) is 0. The number of hydrogen-bond donors (Lipinski definition) is 1. The topological polar surface area (TPSA) is 67.9 Å². The molecule has 1 N–H and O–H groups in total. The van der Waals surface area contributed by atoms with E-state index in [1.165, 1.54) is 5.56 Å². The molecule has 0 saturated heterocycles. The fourth-order valence-electron chi connectivity index (χ4n) is 5.70. The molecule has 0 aromatic heterocycles. The van der Waals surface area contributed by atoms with E-state index >= 15 is 0 Å². The molecular formula is C29H28N2O4. The first-order valence-electron chi connectivity index (χ1n) is 12.2. The monoisotopic (exact) mass is 468 g/mol. The van der Waals surface area contributed by atoms with Crippen LogP contribution in [0.1, 0.15) is 41.1 Å². The van der Waals surface area contributed by atoms with Gasteiger partial charge in [-0.3, -0.25) is 4.90 Å². The third kappa shape index (κ3) is 3.93. The van der Waals surface area contributed by atoms with E-state index in [-0.39, 0.29) is 24.8 Å². The van der Waals surface area contributed by atoms with Crippen LogP contribution in [0.4, 0.5) is 9.59 Å². The SMILES string of the molecule is O=C(NC1C2CC1(OC(=O)N1CCc3ccccc3[C@@H]1c1ccccc1)C2)OCc1ccccc1. The number of alkyl carbamates (subject to hydrolysis) is 1. The van der Waals surface area contributed by atoms with E-state index in [0.717, 1.165) is 36.0 Å². The van der Waals surface area contributed by atoms with Crippen molar-refractivity contribution in [1.29, 1.82) is 0 Å². The molecule has 3 aromatic rings. The highest BCUT2D eigenvalue weighted by Gasteiger charge is 2.69. The first-order valence-corrected chi connectivity index (χ1v) is 12.2. The minimum Gasteiger partial charge on any atom is -0.445 e. The van der Waals surface area contributed by atoms with Crippen LogP contribution in [0.5, 0.6) is 0 Å². The number of hydrogen-bond acceptors (Lipinski definition) is 4. The second-order valence-corrected chi connectivity index (χ2v) is 9.74. The first kappa shape index (κ1) is 21.7. The molecule has 0 spiro atoms. The minimum atomic E-state index is -0.633. The van der Waals surface area contributed by atoms with Gasteiger partial charge in [-0.1, -0.05) is 84.9 Å². The number of benzene rings is 3. The number of fused-ring (bicyclic) bond motifs is 1. The van der Waals surface area contributed by atoms with E-state index in [2.05, 4.69) is 29.6 Å². The smallest absolute Gasteiger partial charge is 0.411 e. The van der Waals surface area contributed by atoms with E-state index in [0.29, 0.717) is 12.5 Å². The molecule has 1 heterocycles.